The number of rotatable bonds is 4. The van der Waals surface area contributed by atoms with Gasteiger partial charge in [0, 0.05) is 12.1 Å². The zero-order chi connectivity index (χ0) is 13.8. The smallest absolute Gasteiger partial charge is 0.267 e. The van der Waals surface area contributed by atoms with E-state index in [9.17, 15) is 14.9 Å². The van der Waals surface area contributed by atoms with Crippen LogP contribution in [-0.2, 0) is 0 Å². The first-order valence-corrected chi connectivity index (χ1v) is 5.60. The number of nitro groups is 1. The normalized spacial score (nSPS) is 9.95. The molecule has 2 rings (SSSR count). The van der Waals surface area contributed by atoms with E-state index in [0.717, 1.165) is 5.56 Å². The van der Waals surface area contributed by atoms with E-state index in [4.69, 9.17) is 0 Å². The average Bonchev–Trinajstić information content (AvgIpc) is 2.41. The van der Waals surface area contributed by atoms with Gasteiger partial charge in [0.1, 0.15) is 0 Å². The van der Waals surface area contributed by atoms with Crippen LogP contribution in [0.5, 0.6) is 0 Å². The molecule has 1 aromatic heterocycles. The van der Waals surface area contributed by atoms with Gasteiger partial charge in [0.2, 0.25) is 6.54 Å². The molecule has 95 valence electrons. The van der Waals surface area contributed by atoms with Crippen LogP contribution in [0.25, 0.3) is 0 Å². The Hall–Kier alpha value is -2.69. The topological polar surface area (TPSA) is 64.1 Å². The molecule has 19 heavy (non-hydrogen) atoms. The van der Waals surface area contributed by atoms with Crippen LogP contribution in [0.3, 0.4) is 0 Å². The summed E-state index contributed by atoms with van der Waals surface area (Å²) in [5, 5.41) is 10.5. The Morgan fingerprint density at radius 3 is 2.26 bits per heavy atom. The Morgan fingerprint density at radius 1 is 1.16 bits per heavy atom. The van der Waals surface area contributed by atoms with Gasteiger partial charge in [0.15, 0.2) is 5.78 Å². The molecule has 5 nitrogen and oxygen atoms in total. The maximum Gasteiger partial charge on any atom is 0.267 e. The second-order valence-corrected chi connectivity index (χ2v) is 4.03. The van der Waals surface area contributed by atoms with Crippen LogP contribution >= 0.6 is 0 Å². The third-order valence-electron chi connectivity index (χ3n) is 2.57. The summed E-state index contributed by atoms with van der Waals surface area (Å²) in [6, 6.07) is 9.15. The second-order valence-electron chi connectivity index (χ2n) is 4.03. The molecule has 0 fully saturated rings. The van der Waals surface area contributed by atoms with Crippen molar-refractivity contribution in [1.29, 1.82) is 0 Å². The first kappa shape index (κ1) is 12.8. The molecule has 0 bridgehead atoms. The van der Waals surface area contributed by atoms with E-state index in [2.05, 4.69) is 6.54 Å². The molecular formula is C14H11N2O3. The third kappa shape index (κ3) is 3.16. The fraction of sp³-hybridized carbons (Fsp3) is 0.0714. The van der Waals surface area contributed by atoms with E-state index in [1.165, 1.54) is 28.8 Å². The maximum atomic E-state index is 11.9. The number of benzene rings is 1. The summed E-state index contributed by atoms with van der Waals surface area (Å²) >= 11 is 0. The number of hydrogen-bond acceptors (Lipinski definition) is 3. The van der Waals surface area contributed by atoms with Crippen molar-refractivity contribution in [2.45, 2.75) is 6.92 Å². The summed E-state index contributed by atoms with van der Waals surface area (Å²) in [4.78, 5) is 21.9. The molecule has 0 aliphatic carbocycles. The number of carbonyl (C=O) groups is 1. The molecule has 0 saturated carbocycles. The van der Waals surface area contributed by atoms with E-state index in [1.54, 1.807) is 12.4 Å². The number of pyridine rings is 1. The molecule has 0 atom stereocenters. The van der Waals surface area contributed by atoms with Gasteiger partial charge in [-0.1, -0.05) is 17.7 Å². The van der Waals surface area contributed by atoms with Crippen LogP contribution in [0.2, 0.25) is 0 Å². The van der Waals surface area contributed by atoms with E-state index < -0.39 is 4.92 Å². The molecule has 0 spiro atoms. The van der Waals surface area contributed by atoms with Gasteiger partial charge in [0.05, 0.1) is 17.3 Å². The van der Waals surface area contributed by atoms with E-state index in [0.29, 0.717) is 5.56 Å². The van der Waals surface area contributed by atoms with Gasteiger partial charge in [-0.25, -0.2) is 0 Å². The molecule has 2 aromatic rings. The first-order chi connectivity index (χ1) is 9.06. The highest BCUT2D eigenvalue weighted by molar-refractivity contribution is 6.01. The largest absolute Gasteiger partial charge is 0.305 e. The van der Waals surface area contributed by atoms with Crippen LogP contribution in [0.15, 0.2) is 48.8 Å². The molecule has 1 aromatic carbocycles. The van der Waals surface area contributed by atoms with Crippen LogP contribution in [0.4, 0.5) is 5.69 Å². The predicted molar refractivity (Wildman–Crippen MR) is 67.4 cm³/mol. The van der Waals surface area contributed by atoms with E-state index in [-0.39, 0.29) is 11.5 Å². The summed E-state index contributed by atoms with van der Waals surface area (Å²) in [6.45, 7) is 4.59. The molecule has 5 heteroatoms. The minimum Gasteiger partial charge on any atom is -0.305 e. The van der Waals surface area contributed by atoms with Crippen molar-refractivity contribution in [2.24, 2.45) is 0 Å². The molecule has 0 aliphatic heterocycles. The molecular weight excluding hydrogens is 244 g/mol. The fourth-order valence-corrected chi connectivity index (χ4v) is 1.49. The van der Waals surface area contributed by atoms with Crippen molar-refractivity contribution < 1.29 is 14.3 Å². The highest BCUT2D eigenvalue weighted by Gasteiger charge is 2.09. The average molecular weight is 255 g/mol. The number of ketones is 1. The minimum absolute atomic E-state index is 0.0421. The molecule has 0 unspecified atom stereocenters. The number of carbonyl (C=O) groups excluding carboxylic acids is 1. The van der Waals surface area contributed by atoms with Gasteiger partial charge < -0.3 is 4.79 Å². The van der Waals surface area contributed by atoms with Gasteiger partial charge in [0.25, 0.3) is 5.69 Å². The maximum absolute atomic E-state index is 11.9. The Bertz CT molecular complexity index is 604. The summed E-state index contributed by atoms with van der Waals surface area (Å²) < 4.78 is 1.52. The van der Waals surface area contributed by atoms with Crippen LogP contribution in [-0.4, -0.2) is 10.7 Å². The van der Waals surface area contributed by atoms with Crippen LogP contribution in [0.1, 0.15) is 15.9 Å². The van der Waals surface area contributed by atoms with Gasteiger partial charge >= 0.3 is 0 Å². The number of aromatic nitrogens is 1. The quantitative estimate of drug-likeness (QED) is 0.276. The van der Waals surface area contributed by atoms with E-state index >= 15 is 0 Å². The van der Waals surface area contributed by atoms with Crippen molar-refractivity contribution in [3.63, 3.8) is 0 Å². The van der Waals surface area contributed by atoms with Crippen LogP contribution in [0, 0.1) is 23.6 Å². The molecule has 0 N–H and O–H groups in total. The Balaban J connectivity index is 2.11. The number of nitrogens with zero attached hydrogens (tertiary/aromatic N) is 2. The van der Waals surface area contributed by atoms with Crippen molar-refractivity contribution in [1.82, 2.24) is 0 Å². The molecule has 0 amide bonds. The van der Waals surface area contributed by atoms with Crippen molar-refractivity contribution in [3.8, 4) is 0 Å². The number of aryl methyl sites for hydroxylation is 1. The van der Waals surface area contributed by atoms with Crippen molar-refractivity contribution >= 4 is 11.5 Å². The number of nitro benzene ring substituents is 1. The predicted octanol–water partition coefficient (Wildman–Crippen LogP) is 1.96. The van der Waals surface area contributed by atoms with Crippen molar-refractivity contribution in [3.05, 3.63) is 76.6 Å². The van der Waals surface area contributed by atoms with Crippen molar-refractivity contribution in [2.75, 3.05) is 0 Å². The first-order valence-electron chi connectivity index (χ1n) is 5.60. The number of non-ortho nitro benzene ring substituents is 1. The van der Waals surface area contributed by atoms with Gasteiger partial charge in [-0.3, -0.25) is 14.7 Å². The number of hydrogen-bond donors (Lipinski definition) is 0. The number of Topliss-reactive ketones (excluding diaryl/α,β-unsaturated/α-hetero) is 1. The highest BCUT2D eigenvalue weighted by Crippen LogP contribution is 2.12. The second kappa shape index (κ2) is 5.30. The molecule has 1 radical (unpaired) electrons. The lowest BCUT2D eigenvalue weighted by Crippen LogP contribution is -2.34. The zero-order valence-corrected chi connectivity index (χ0v) is 10.2. The van der Waals surface area contributed by atoms with Gasteiger partial charge in [-0.15, -0.1) is 0 Å². The molecule has 1 heterocycles. The molecule has 0 aliphatic rings. The lowest BCUT2D eigenvalue weighted by Gasteiger charge is -2.03. The zero-order valence-electron chi connectivity index (χ0n) is 10.2. The standard InChI is InChI=1S/C14H11N2O3/c1-11-6-8-15(9-7-11)10-14(17)12-2-4-13(5-3-12)16(18)19/h2-9H,1H3. The molecule has 0 saturated heterocycles. The lowest BCUT2D eigenvalue weighted by molar-refractivity contribution is -0.625. The van der Waals surface area contributed by atoms with E-state index in [1.807, 2.05) is 19.1 Å². The summed E-state index contributed by atoms with van der Waals surface area (Å²) in [5.74, 6) is -0.330. The lowest BCUT2D eigenvalue weighted by atomic mass is 10.1. The SMILES string of the molecule is Cc1cc[n+]([C-]C(=O)c2ccc([N+](=O)[O-])cc2)cc1. The highest BCUT2D eigenvalue weighted by atomic mass is 16.6. The van der Waals surface area contributed by atoms with Gasteiger partial charge in [-0.2, -0.15) is 0 Å². The third-order valence-corrected chi connectivity index (χ3v) is 2.57. The Morgan fingerprint density at radius 2 is 1.74 bits per heavy atom. The summed E-state index contributed by atoms with van der Waals surface area (Å²) in [6.07, 6.45) is 3.44. The Kier molecular flexibility index (Phi) is 3.56. The monoisotopic (exact) mass is 255 g/mol. The van der Waals surface area contributed by atoms with Gasteiger partial charge in [-0.05, 0) is 24.6 Å². The van der Waals surface area contributed by atoms with Crippen LogP contribution < -0.4 is 4.57 Å². The summed E-state index contributed by atoms with van der Waals surface area (Å²) in [7, 11) is 0. The minimum atomic E-state index is -0.504. The fourth-order valence-electron chi connectivity index (χ4n) is 1.49. The summed E-state index contributed by atoms with van der Waals surface area (Å²) in [5.41, 5.74) is 1.40. The Labute approximate surface area is 110 Å².